The summed E-state index contributed by atoms with van der Waals surface area (Å²) >= 11 is 6.00. The average Bonchev–Trinajstić information content (AvgIpc) is 2.42. The second kappa shape index (κ2) is 5.75. The van der Waals surface area contributed by atoms with Crippen molar-refractivity contribution in [2.75, 3.05) is 5.32 Å². The summed E-state index contributed by atoms with van der Waals surface area (Å²) in [7, 11) is 0. The first kappa shape index (κ1) is 14.1. The monoisotopic (exact) mass is 289 g/mol. The van der Waals surface area contributed by atoms with Crippen LogP contribution in [0.2, 0.25) is 5.02 Å². The first-order valence-corrected chi connectivity index (χ1v) is 6.26. The summed E-state index contributed by atoms with van der Waals surface area (Å²) in [4.78, 5) is 23.3. The molecule has 1 amide bonds. The Balaban J connectivity index is 2.33. The fraction of sp³-hybridized carbons (Fsp3) is 0.0667. The van der Waals surface area contributed by atoms with E-state index in [1.807, 2.05) is 13.0 Å². The Labute approximate surface area is 121 Å². The summed E-state index contributed by atoms with van der Waals surface area (Å²) in [6.07, 6.45) is 0. The summed E-state index contributed by atoms with van der Waals surface area (Å²) in [5.74, 6) is -1.65. The van der Waals surface area contributed by atoms with Gasteiger partial charge in [0.15, 0.2) is 0 Å². The summed E-state index contributed by atoms with van der Waals surface area (Å²) in [6.45, 7) is 1.87. The van der Waals surface area contributed by atoms with Crippen molar-refractivity contribution in [2.45, 2.75) is 6.92 Å². The lowest BCUT2D eigenvalue weighted by atomic mass is 10.1. The van der Waals surface area contributed by atoms with E-state index in [4.69, 9.17) is 16.7 Å². The molecule has 0 radical (unpaired) electrons. The van der Waals surface area contributed by atoms with Crippen LogP contribution in [0.1, 0.15) is 26.3 Å². The van der Waals surface area contributed by atoms with Crippen LogP contribution in [-0.4, -0.2) is 17.0 Å². The van der Waals surface area contributed by atoms with Crippen molar-refractivity contribution in [3.63, 3.8) is 0 Å². The zero-order valence-electron chi connectivity index (χ0n) is 10.7. The van der Waals surface area contributed by atoms with Crippen LogP contribution in [0.15, 0.2) is 42.5 Å². The SMILES string of the molecule is Cc1ccc(Cl)c(NC(=O)c2ccccc2C(=O)O)c1. The molecule has 0 saturated heterocycles. The molecule has 4 nitrogen and oxygen atoms in total. The van der Waals surface area contributed by atoms with Crippen molar-refractivity contribution >= 4 is 29.2 Å². The van der Waals surface area contributed by atoms with Crippen LogP contribution in [0.4, 0.5) is 5.69 Å². The Morgan fingerprint density at radius 1 is 1.10 bits per heavy atom. The lowest BCUT2D eigenvalue weighted by molar-refractivity contribution is 0.0692. The van der Waals surface area contributed by atoms with Gasteiger partial charge in [-0.3, -0.25) is 4.79 Å². The molecule has 2 aromatic carbocycles. The van der Waals surface area contributed by atoms with Gasteiger partial charge in [-0.15, -0.1) is 0 Å². The molecule has 0 fully saturated rings. The van der Waals surface area contributed by atoms with E-state index in [1.54, 1.807) is 24.3 Å². The van der Waals surface area contributed by atoms with Crippen molar-refractivity contribution in [2.24, 2.45) is 0 Å². The third-order valence-electron chi connectivity index (χ3n) is 2.77. The average molecular weight is 290 g/mol. The zero-order valence-corrected chi connectivity index (χ0v) is 11.4. The van der Waals surface area contributed by atoms with E-state index >= 15 is 0 Å². The standard InChI is InChI=1S/C15H12ClNO3/c1-9-6-7-12(16)13(8-9)17-14(18)10-4-2-3-5-11(10)15(19)20/h2-8H,1H3,(H,17,18)(H,19,20). The quantitative estimate of drug-likeness (QED) is 0.907. The Hall–Kier alpha value is -2.33. The lowest BCUT2D eigenvalue weighted by Crippen LogP contribution is -2.16. The van der Waals surface area contributed by atoms with Gasteiger partial charge in [0.1, 0.15) is 0 Å². The number of carboxylic acids is 1. The molecule has 2 rings (SSSR count). The van der Waals surface area contributed by atoms with Gasteiger partial charge in [0.2, 0.25) is 0 Å². The summed E-state index contributed by atoms with van der Waals surface area (Å²) in [5, 5.41) is 12.1. The zero-order chi connectivity index (χ0) is 14.7. The topological polar surface area (TPSA) is 66.4 Å². The first-order valence-electron chi connectivity index (χ1n) is 5.89. The Morgan fingerprint density at radius 3 is 2.40 bits per heavy atom. The molecule has 0 bridgehead atoms. The van der Waals surface area contributed by atoms with E-state index < -0.39 is 11.9 Å². The molecule has 0 saturated carbocycles. The van der Waals surface area contributed by atoms with Crippen molar-refractivity contribution in [3.8, 4) is 0 Å². The minimum absolute atomic E-state index is 0.0474. The number of carbonyl (C=O) groups excluding carboxylic acids is 1. The van der Waals surface area contributed by atoms with E-state index in [0.717, 1.165) is 5.56 Å². The maximum Gasteiger partial charge on any atom is 0.336 e. The second-order valence-corrected chi connectivity index (χ2v) is 4.70. The Kier molecular flexibility index (Phi) is 4.05. The molecule has 102 valence electrons. The van der Waals surface area contributed by atoms with Gasteiger partial charge in [0, 0.05) is 0 Å². The number of rotatable bonds is 3. The lowest BCUT2D eigenvalue weighted by Gasteiger charge is -2.09. The molecule has 2 aromatic rings. The van der Waals surface area contributed by atoms with E-state index in [-0.39, 0.29) is 11.1 Å². The smallest absolute Gasteiger partial charge is 0.336 e. The maximum absolute atomic E-state index is 12.2. The fourth-order valence-corrected chi connectivity index (χ4v) is 1.96. The van der Waals surface area contributed by atoms with Gasteiger partial charge in [0.05, 0.1) is 21.8 Å². The minimum atomic E-state index is -1.15. The summed E-state index contributed by atoms with van der Waals surface area (Å²) < 4.78 is 0. The van der Waals surface area contributed by atoms with Gasteiger partial charge in [-0.25, -0.2) is 4.79 Å². The van der Waals surface area contributed by atoms with Crippen LogP contribution in [0.3, 0.4) is 0 Å². The van der Waals surface area contributed by atoms with E-state index in [9.17, 15) is 9.59 Å². The second-order valence-electron chi connectivity index (χ2n) is 4.29. The number of amides is 1. The molecule has 2 N–H and O–H groups in total. The van der Waals surface area contributed by atoms with Crippen molar-refractivity contribution < 1.29 is 14.7 Å². The van der Waals surface area contributed by atoms with Crippen LogP contribution >= 0.6 is 11.6 Å². The maximum atomic E-state index is 12.2. The molecule has 20 heavy (non-hydrogen) atoms. The van der Waals surface area contributed by atoms with Crippen LogP contribution in [-0.2, 0) is 0 Å². The van der Waals surface area contributed by atoms with Crippen LogP contribution in [0, 0.1) is 6.92 Å². The van der Waals surface area contributed by atoms with Gasteiger partial charge in [-0.05, 0) is 36.8 Å². The molecule has 0 atom stereocenters. The minimum Gasteiger partial charge on any atom is -0.478 e. The Morgan fingerprint density at radius 2 is 1.75 bits per heavy atom. The van der Waals surface area contributed by atoms with Crippen molar-refractivity contribution in [3.05, 3.63) is 64.2 Å². The van der Waals surface area contributed by atoms with Crippen LogP contribution in [0.5, 0.6) is 0 Å². The number of aryl methyl sites for hydroxylation is 1. The Bertz CT molecular complexity index is 683. The van der Waals surface area contributed by atoms with Crippen LogP contribution < -0.4 is 5.32 Å². The number of carboxylic acid groups (broad SMARTS) is 1. The van der Waals surface area contributed by atoms with Gasteiger partial charge < -0.3 is 10.4 Å². The number of nitrogens with one attached hydrogen (secondary N) is 1. The number of halogens is 1. The predicted molar refractivity (Wildman–Crippen MR) is 77.5 cm³/mol. The van der Waals surface area contributed by atoms with E-state index in [2.05, 4.69) is 5.32 Å². The number of anilines is 1. The van der Waals surface area contributed by atoms with Gasteiger partial charge >= 0.3 is 5.97 Å². The number of benzene rings is 2. The third kappa shape index (κ3) is 2.97. The highest BCUT2D eigenvalue weighted by Gasteiger charge is 2.16. The molecular weight excluding hydrogens is 278 g/mol. The summed E-state index contributed by atoms with van der Waals surface area (Å²) in [5.41, 5.74) is 1.44. The van der Waals surface area contributed by atoms with Gasteiger partial charge in [-0.2, -0.15) is 0 Å². The molecule has 0 aliphatic heterocycles. The van der Waals surface area contributed by atoms with E-state index in [1.165, 1.54) is 12.1 Å². The fourth-order valence-electron chi connectivity index (χ4n) is 1.79. The molecule has 0 aliphatic carbocycles. The highest BCUT2D eigenvalue weighted by atomic mass is 35.5. The highest BCUT2D eigenvalue weighted by Crippen LogP contribution is 2.23. The molecule has 0 unspecified atom stereocenters. The molecule has 0 aromatic heterocycles. The van der Waals surface area contributed by atoms with Gasteiger partial charge in [-0.1, -0.05) is 29.8 Å². The normalized spacial score (nSPS) is 10.1. The first-order chi connectivity index (χ1) is 9.49. The predicted octanol–water partition coefficient (Wildman–Crippen LogP) is 3.60. The number of carbonyl (C=O) groups is 2. The van der Waals surface area contributed by atoms with Crippen molar-refractivity contribution in [1.29, 1.82) is 0 Å². The third-order valence-corrected chi connectivity index (χ3v) is 3.10. The largest absolute Gasteiger partial charge is 0.478 e. The molecular formula is C15H12ClNO3. The van der Waals surface area contributed by atoms with Gasteiger partial charge in [0.25, 0.3) is 5.91 Å². The molecule has 0 heterocycles. The number of aromatic carboxylic acids is 1. The summed E-state index contributed by atoms with van der Waals surface area (Å²) in [6, 6.07) is 11.2. The van der Waals surface area contributed by atoms with Crippen LogP contribution in [0.25, 0.3) is 0 Å². The number of hydrogen-bond donors (Lipinski definition) is 2. The van der Waals surface area contributed by atoms with E-state index in [0.29, 0.717) is 10.7 Å². The highest BCUT2D eigenvalue weighted by molar-refractivity contribution is 6.34. The molecule has 0 spiro atoms. The van der Waals surface area contributed by atoms with Crippen molar-refractivity contribution in [1.82, 2.24) is 0 Å². The number of hydrogen-bond acceptors (Lipinski definition) is 2. The molecule has 5 heteroatoms. The molecule has 0 aliphatic rings.